The maximum atomic E-state index is 5.07. The first-order valence-electron chi connectivity index (χ1n) is 33.4. The summed E-state index contributed by atoms with van der Waals surface area (Å²) >= 11 is 0. The predicted octanol–water partition coefficient (Wildman–Crippen LogP) is 22.6. The van der Waals surface area contributed by atoms with E-state index in [-0.39, 0.29) is 40.2 Å². The average Bonchev–Trinajstić information content (AvgIpc) is 0.901. The van der Waals surface area contributed by atoms with E-state index in [0.717, 1.165) is 167 Å². The zero-order valence-electron chi connectivity index (χ0n) is 55.2. The first kappa shape index (κ1) is 66.6. The summed E-state index contributed by atoms with van der Waals surface area (Å²) < 4.78 is 1.69. The van der Waals surface area contributed by atoms with Crippen molar-refractivity contribution in [2.45, 2.75) is 0 Å². The summed E-state index contributed by atoms with van der Waals surface area (Å²) in [5, 5.41) is 0. The minimum absolute atomic E-state index is 0. The summed E-state index contributed by atoms with van der Waals surface area (Å²) in [6, 6.07) is 121. The second-order valence-electron chi connectivity index (χ2n) is 24.5. The van der Waals surface area contributed by atoms with Gasteiger partial charge in [0.15, 0.2) is 0 Å². The van der Waals surface area contributed by atoms with Crippen LogP contribution in [0.3, 0.4) is 0 Å². The molecule has 0 spiro atoms. The number of pyridine rings is 4. The van der Waals surface area contributed by atoms with Gasteiger partial charge in [0.1, 0.15) is 0 Å². The molecule has 103 heavy (non-hydrogen) atoms. The summed E-state index contributed by atoms with van der Waals surface area (Å²) in [4.78, 5) is 30.2. The third kappa shape index (κ3) is 13.9. The Bertz CT molecular complexity index is 5150. The van der Waals surface area contributed by atoms with Crippen molar-refractivity contribution >= 4 is 0 Å². The van der Waals surface area contributed by atoms with E-state index in [1.54, 1.807) is 16.7 Å². The van der Waals surface area contributed by atoms with Crippen molar-refractivity contribution in [2.24, 2.45) is 0 Å². The van der Waals surface area contributed by atoms with Crippen LogP contribution in [-0.2, 0) is 40.2 Å². The zero-order chi connectivity index (χ0) is 67.3. The molecule has 0 N–H and O–H groups in total. The molecule has 0 saturated carbocycles. The van der Waals surface area contributed by atoms with E-state index >= 15 is 0 Å². The summed E-state index contributed by atoms with van der Waals surface area (Å²) in [6.07, 6.45) is 18.1. The number of rotatable bonds is 16. The molecule has 17 aromatic rings. The van der Waals surface area contributed by atoms with E-state index in [1.807, 2.05) is 134 Å². The minimum Gasteiger partial charge on any atom is -0.562 e. The van der Waals surface area contributed by atoms with E-state index < -0.39 is 0 Å². The molecule has 0 aliphatic heterocycles. The van der Waals surface area contributed by atoms with Crippen LogP contribution in [0.2, 0.25) is 0 Å². The van der Waals surface area contributed by atoms with Crippen LogP contribution < -0.4 is 0 Å². The van der Waals surface area contributed by atoms with Gasteiger partial charge in [0, 0.05) is 48.3 Å². The van der Waals surface area contributed by atoms with Crippen molar-refractivity contribution in [3.8, 4) is 173 Å². The minimum atomic E-state index is 0. The Morgan fingerprint density at radius 3 is 0.699 bits per heavy atom. The van der Waals surface area contributed by atoms with Crippen LogP contribution in [0.1, 0.15) is 0 Å². The molecule has 0 amide bonds. The fourth-order valence-corrected chi connectivity index (χ4v) is 13.5. The van der Waals surface area contributed by atoms with Crippen LogP contribution >= 0.6 is 0 Å². The van der Waals surface area contributed by atoms with Crippen molar-refractivity contribution in [2.75, 3.05) is 0 Å². The molecule has 6 heterocycles. The van der Waals surface area contributed by atoms with Crippen molar-refractivity contribution in [1.82, 2.24) is 34.5 Å². The number of nitrogens with zero attached hydrogens (tertiary/aromatic N) is 7. The van der Waals surface area contributed by atoms with Crippen LogP contribution in [0, 0.1) is 36.7 Å². The third-order valence-corrected chi connectivity index (χ3v) is 18.4. The molecule has 0 radical (unpaired) electrons. The van der Waals surface area contributed by atoms with Gasteiger partial charge in [0.05, 0.1) is 5.95 Å². The largest absolute Gasteiger partial charge is 3.00 e. The summed E-state index contributed by atoms with van der Waals surface area (Å²) in [7, 11) is 0. The zero-order valence-corrected chi connectivity index (χ0v) is 60.0. The molecule has 0 aliphatic carbocycles. The van der Waals surface area contributed by atoms with E-state index in [0.29, 0.717) is 5.95 Å². The van der Waals surface area contributed by atoms with Gasteiger partial charge in [-0.15, -0.1) is 144 Å². The van der Waals surface area contributed by atoms with Crippen molar-refractivity contribution < 1.29 is 40.2 Å². The number of benzene rings is 11. The second-order valence-corrected chi connectivity index (χ2v) is 24.5. The molecule has 9 heteroatoms. The molecular formula is C94H57Ir2N7. The topological polar surface area (TPSA) is 82.3 Å². The standard InChI is InChI=1S/C94H57N7.2Ir/c1-5-24-64(25-6-1)89-46-42-68(58-95-89)79-32-13-17-36-83(79)72-52-73(84-37-18-14-33-80(84)69-43-47-90(96-59-69)65-26-7-2-8-27-65)55-76(54-72)87-40-23-41-88(93(87)78-62-99-94(100-63-78)101-50-21-22-51-101)77-56-74(85-38-19-15-34-81(85)70-44-48-91(97-60-70)66-28-9-3-10-29-66)53-75(57-77)86-39-20-16-35-82(86)71-45-49-92(98-61-71)67-30-11-4-12-31-67;;/h1-24,26,28,30,32-49,52-63H;;/q-6;2*+3. The molecule has 486 valence electrons. The van der Waals surface area contributed by atoms with Gasteiger partial charge in [-0.1, -0.05) is 164 Å². The number of hydrogen-bond acceptors (Lipinski definition) is 6. The Hall–Kier alpha value is -12.3. The van der Waals surface area contributed by atoms with Gasteiger partial charge < -0.3 is 34.5 Å². The van der Waals surface area contributed by atoms with Crippen LogP contribution in [0.4, 0.5) is 0 Å². The SMILES string of the molecule is [Ir+3].[Ir+3].[c-]1ccccc1-c1ccc(-c2ccccc2-c2cc(-c3ccccc3-c3ccc(-c4[c-]cccc4)nc3)cc(-c3cccc(-c4cc(-c5ccccc5-c5ccc(-c6[c-]cccc6)nc5)cc(-c5ccccc5-c5ccc(-c6[c-]cccc6)nc5)c4)c3-c3cnc(-n4[c-]cc[c-]4)nc3)c2)cn1. The Morgan fingerprint density at radius 2 is 0.447 bits per heavy atom. The van der Waals surface area contributed by atoms with Gasteiger partial charge in [0.25, 0.3) is 0 Å². The molecule has 0 atom stereocenters. The molecular weight excluding hydrogens is 1610 g/mol. The van der Waals surface area contributed by atoms with Crippen LogP contribution in [0.15, 0.2) is 347 Å². The number of aromatic nitrogens is 7. The third-order valence-electron chi connectivity index (χ3n) is 18.4. The van der Waals surface area contributed by atoms with E-state index in [2.05, 4.69) is 237 Å². The Labute approximate surface area is 626 Å². The molecule has 0 aliphatic rings. The van der Waals surface area contributed by atoms with E-state index in [1.165, 1.54) is 0 Å². The van der Waals surface area contributed by atoms with E-state index in [4.69, 9.17) is 29.9 Å². The molecule has 6 aromatic heterocycles. The summed E-state index contributed by atoms with van der Waals surface area (Å²) in [5.41, 5.74) is 29.2. The van der Waals surface area contributed by atoms with Gasteiger partial charge >= 0.3 is 40.2 Å². The van der Waals surface area contributed by atoms with Gasteiger partial charge in [-0.25, -0.2) is 12.3 Å². The molecule has 0 fully saturated rings. The predicted molar refractivity (Wildman–Crippen MR) is 407 cm³/mol. The Balaban J connectivity index is 0.00000428. The second kappa shape index (κ2) is 30.3. The van der Waals surface area contributed by atoms with E-state index in [9.17, 15) is 0 Å². The Morgan fingerprint density at radius 1 is 0.204 bits per heavy atom. The van der Waals surface area contributed by atoms with Crippen LogP contribution in [0.25, 0.3) is 173 Å². The maximum Gasteiger partial charge on any atom is 3.00 e. The molecule has 0 unspecified atom stereocenters. The van der Waals surface area contributed by atoms with Crippen LogP contribution in [0.5, 0.6) is 0 Å². The summed E-state index contributed by atoms with van der Waals surface area (Å²) in [5.74, 6) is 0.454. The fourth-order valence-electron chi connectivity index (χ4n) is 13.5. The molecule has 7 nitrogen and oxygen atoms in total. The first-order chi connectivity index (χ1) is 50.1. The molecule has 17 rings (SSSR count). The van der Waals surface area contributed by atoms with Gasteiger partial charge in [-0.2, -0.15) is 0 Å². The molecule has 11 aromatic carbocycles. The average molecular weight is 1670 g/mol. The molecule has 0 saturated heterocycles. The maximum absolute atomic E-state index is 5.07. The van der Waals surface area contributed by atoms with Gasteiger partial charge in [0.2, 0.25) is 0 Å². The van der Waals surface area contributed by atoms with Gasteiger partial charge in [-0.3, -0.25) is 12.3 Å². The fraction of sp³-hybridized carbons (Fsp3) is 0. The normalized spacial score (nSPS) is 11.0. The van der Waals surface area contributed by atoms with Crippen molar-refractivity contribution in [1.29, 1.82) is 0 Å². The Kier molecular flexibility index (Phi) is 19.5. The monoisotopic (exact) mass is 1670 g/mol. The first-order valence-corrected chi connectivity index (χ1v) is 33.4. The van der Waals surface area contributed by atoms with Crippen LogP contribution in [-0.4, -0.2) is 34.5 Å². The quantitative estimate of drug-likeness (QED) is 0.0897. The number of hydrogen-bond donors (Lipinski definition) is 0. The van der Waals surface area contributed by atoms with Crippen molar-refractivity contribution in [3.63, 3.8) is 0 Å². The smallest absolute Gasteiger partial charge is 0.562 e. The summed E-state index contributed by atoms with van der Waals surface area (Å²) in [6.45, 7) is 0. The van der Waals surface area contributed by atoms with Gasteiger partial charge in [-0.05, 0) is 170 Å². The van der Waals surface area contributed by atoms with Crippen molar-refractivity contribution in [3.05, 3.63) is 383 Å². The molecule has 0 bridgehead atoms.